The second kappa shape index (κ2) is 7.55. The summed E-state index contributed by atoms with van der Waals surface area (Å²) in [5.74, 6) is 0.757. The van der Waals surface area contributed by atoms with Crippen LogP contribution in [0.1, 0.15) is 6.42 Å². The molecule has 0 unspecified atom stereocenters. The third-order valence-electron chi connectivity index (χ3n) is 2.65. The molecule has 3 N–H and O–H groups in total. The first-order valence-corrected chi connectivity index (χ1v) is 6.00. The molecule has 0 aliphatic rings. The summed E-state index contributed by atoms with van der Waals surface area (Å²) < 4.78 is 5.57. The number of nitrogens with one attached hydrogen (secondary N) is 1. The van der Waals surface area contributed by atoms with Crippen molar-refractivity contribution in [2.75, 3.05) is 39.5 Å². The first-order chi connectivity index (χ1) is 8.63. The summed E-state index contributed by atoms with van der Waals surface area (Å²) in [5.41, 5.74) is 6.41. The van der Waals surface area contributed by atoms with Crippen LogP contribution in [0, 0.1) is 0 Å². The Kier molecular flexibility index (Phi) is 6.00. The van der Waals surface area contributed by atoms with E-state index in [1.54, 1.807) is 7.05 Å². The van der Waals surface area contributed by atoms with E-state index in [-0.39, 0.29) is 5.91 Å². The molecule has 0 heterocycles. The fourth-order valence-electron chi connectivity index (χ4n) is 1.45. The van der Waals surface area contributed by atoms with Crippen LogP contribution in [0.4, 0.5) is 5.69 Å². The summed E-state index contributed by atoms with van der Waals surface area (Å²) >= 11 is 0. The summed E-state index contributed by atoms with van der Waals surface area (Å²) in [6.07, 6.45) is 0.500. The largest absolute Gasteiger partial charge is 0.490 e. The number of nitrogens with two attached hydrogens (primary N) is 1. The highest BCUT2D eigenvalue weighted by Gasteiger charge is 2.03. The molecule has 0 saturated heterocycles. The predicted molar refractivity (Wildman–Crippen MR) is 72.5 cm³/mol. The molecule has 5 nitrogen and oxygen atoms in total. The van der Waals surface area contributed by atoms with E-state index in [0.29, 0.717) is 31.0 Å². The van der Waals surface area contributed by atoms with Crippen LogP contribution >= 0.6 is 0 Å². The summed E-state index contributed by atoms with van der Waals surface area (Å²) in [4.78, 5) is 13.1. The molecule has 1 rings (SSSR count). The van der Waals surface area contributed by atoms with Crippen molar-refractivity contribution in [2.45, 2.75) is 6.42 Å². The minimum Gasteiger partial charge on any atom is -0.490 e. The van der Waals surface area contributed by atoms with Crippen LogP contribution in [-0.2, 0) is 4.79 Å². The molecule has 1 amide bonds. The Balaban J connectivity index is 2.21. The van der Waals surface area contributed by atoms with Gasteiger partial charge in [0.25, 0.3) is 0 Å². The van der Waals surface area contributed by atoms with Gasteiger partial charge < -0.3 is 20.7 Å². The summed E-state index contributed by atoms with van der Waals surface area (Å²) in [6, 6.07) is 7.42. The molecule has 18 heavy (non-hydrogen) atoms. The van der Waals surface area contributed by atoms with Gasteiger partial charge in [0.15, 0.2) is 0 Å². The highest BCUT2D eigenvalue weighted by atomic mass is 16.5. The lowest BCUT2D eigenvalue weighted by Gasteiger charge is -2.16. The van der Waals surface area contributed by atoms with Crippen LogP contribution in [0.2, 0.25) is 0 Å². The summed E-state index contributed by atoms with van der Waals surface area (Å²) in [7, 11) is 3.60. The van der Waals surface area contributed by atoms with Gasteiger partial charge in [-0.05, 0) is 19.2 Å². The number of para-hydroxylation sites is 2. The van der Waals surface area contributed by atoms with E-state index in [1.165, 1.54) is 0 Å². The topological polar surface area (TPSA) is 67.6 Å². The van der Waals surface area contributed by atoms with Gasteiger partial charge in [-0.3, -0.25) is 4.79 Å². The first-order valence-electron chi connectivity index (χ1n) is 6.00. The minimum atomic E-state index is 0.0510. The van der Waals surface area contributed by atoms with E-state index < -0.39 is 0 Å². The Morgan fingerprint density at radius 3 is 2.78 bits per heavy atom. The van der Waals surface area contributed by atoms with Crippen molar-refractivity contribution in [3.63, 3.8) is 0 Å². The van der Waals surface area contributed by atoms with Crippen molar-refractivity contribution in [1.82, 2.24) is 10.2 Å². The zero-order chi connectivity index (χ0) is 13.4. The lowest BCUT2D eigenvalue weighted by molar-refractivity contribution is -0.120. The number of hydrogen-bond acceptors (Lipinski definition) is 4. The molecule has 0 saturated carbocycles. The SMILES string of the molecule is CNC(=O)CCN(C)CCOc1ccccc1N. The molecule has 0 radical (unpaired) electrons. The lowest BCUT2D eigenvalue weighted by atomic mass is 10.3. The van der Waals surface area contributed by atoms with Gasteiger partial charge in [-0.2, -0.15) is 0 Å². The van der Waals surface area contributed by atoms with Gasteiger partial charge in [0.1, 0.15) is 12.4 Å². The fraction of sp³-hybridized carbons (Fsp3) is 0.462. The van der Waals surface area contributed by atoms with Gasteiger partial charge in [0.05, 0.1) is 5.69 Å². The quantitative estimate of drug-likeness (QED) is 0.701. The average molecular weight is 251 g/mol. The highest BCUT2D eigenvalue weighted by Crippen LogP contribution is 2.19. The number of hydrogen-bond donors (Lipinski definition) is 2. The number of likely N-dealkylation sites (N-methyl/N-ethyl adjacent to an activating group) is 1. The van der Waals surface area contributed by atoms with Crippen LogP contribution < -0.4 is 15.8 Å². The van der Waals surface area contributed by atoms with Crippen LogP contribution in [0.15, 0.2) is 24.3 Å². The standard InChI is InChI=1S/C13H21N3O2/c1-15-13(17)7-8-16(2)9-10-18-12-6-4-3-5-11(12)14/h3-6H,7-10,14H2,1-2H3,(H,15,17). The van der Waals surface area contributed by atoms with Crippen molar-refractivity contribution in [2.24, 2.45) is 0 Å². The van der Waals surface area contributed by atoms with Gasteiger partial charge in [0, 0.05) is 26.6 Å². The smallest absolute Gasteiger partial charge is 0.221 e. The monoisotopic (exact) mass is 251 g/mol. The number of ether oxygens (including phenoxy) is 1. The molecule has 0 atom stereocenters. The number of benzene rings is 1. The van der Waals surface area contributed by atoms with Gasteiger partial charge in [0.2, 0.25) is 5.91 Å². The van der Waals surface area contributed by atoms with E-state index in [9.17, 15) is 4.79 Å². The number of anilines is 1. The van der Waals surface area contributed by atoms with Gasteiger partial charge in [-0.15, -0.1) is 0 Å². The Hall–Kier alpha value is -1.75. The molecule has 0 aliphatic carbocycles. The van der Waals surface area contributed by atoms with Crippen molar-refractivity contribution in [3.05, 3.63) is 24.3 Å². The predicted octanol–water partition coefficient (Wildman–Crippen LogP) is 0.716. The Bertz CT molecular complexity index is 382. The Labute approximate surface area is 108 Å². The Morgan fingerprint density at radius 2 is 2.11 bits per heavy atom. The van der Waals surface area contributed by atoms with Crippen LogP contribution in [0.5, 0.6) is 5.75 Å². The molecular formula is C13H21N3O2. The molecular weight excluding hydrogens is 230 g/mol. The maximum Gasteiger partial charge on any atom is 0.221 e. The number of amides is 1. The van der Waals surface area contributed by atoms with Crippen LogP contribution in [0.3, 0.4) is 0 Å². The van der Waals surface area contributed by atoms with E-state index in [1.807, 2.05) is 36.2 Å². The maximum absolute atomic E-state index is 11.1. The third-order valence-corrected chi connectivity index (χ3v) is 2.65. The van der Waals surface area contributed by atoms with Gasteiger partial charge >= 0.3 is 0 Å². The fourth-order valence-corrected chi connectivity index (χ4v) is 1.45. The van der Waals surface area contributed by atoms with E-state index in [4.69, 9.17) is 10.5 Å². The minimum absolute atomic E-state index is 0.0510. The normalized spacial score (nSPS) is 10.4. The van der Waals surface area contributed by atoms with Crippen molar-refractivity contribution >= 4 is 11.6 Å². The second-order valence-electron chi connectivity index (χ2n) is 4.11. The van der Waals surface area contributed by atoms with Crippen LogP contribution in [0.25, 0.3) is 0 Å². The molecule has 0 fully saturated rings. The number of carbonyl (C=O) groups is 1. The summed E-state index contributed by atoms with van der Waals surface area (Å²) in [6.45, 7) is 2.02. The maximum atomic E-state index is 11.1. The van der Waals surface area contributed by atoms with Crippen molar-refractivity contribution < 1.29 is 9.53 Å². The van der Waals surface area contributed by atoms with Gasteiger partial charge in [-0.1, -0.05) is 12.1 Å². The average Bonchev–Trinajstić information content (AvgIpc) is 2.38. The molecule has 0 aliphatic heterocycles. The zero-order valence-electron chi connectivity index (χ0n) is 11.0. The molecule has 1 aromatic carbocycles. The van der Waals surface area contributed by atoms with Crippen LogP contribution in [-0.4, -0.2) is 44.6 Å². The van der Waals surface area contributed by atoms with Crippen molar-refractivity contribution in [3.8, 4) is 5.75 Å². The molecule has 1 aromatic rings. The summed E-state index contributed by atoms with van der Waals surface area (Å²) in [5, 5.41) is 2.60. The Morgan fingerprint density at radius 1 is 1.39 bits per heavy atom. The zero-order valence-corrected chi connectivity index (χ0v) is 11.0. The van der Waals surface area contributed by atoms with E-state index in [0.717, 1.165) is 6.54 Å². The van der Waals surface area contributed by atoms with Gasteiger partial charge in [-0.25, -0.2) is 0 Å². The lowest BCUT2D eigenvalue weighted by Crippen LogP contribution is -2.29. The number of nitrogen functional groups attached to an aromatic ring is 1. The molecule has 100 valence electrons. The second-order valence-corrected chi connectivity index (χ2v) is 4.11. The highest BCUT2D eigenvalue weighted by molar-refractivity contribution is 5.75. The van der Waals surface area contributed by atoms with E-state index in [2.05, 4.69) is 5.32 Å². The van der Waals surface area contributed by atoms with Crippen molar-refractivity contribution in [1.29, 1.82) is 0 Å². The number of nitrogens with zero attached hydrogens (tertiary/aromatic N) is 1. The number of carbonyl (C=O) groups excluding carboxylic acids is 1. The first kappa shape index (κ1) is 14.3. The molecule has 0 aromatic heterocycles. The number of rotatable bonds is 7. The van der Waals surface area contributed by atoms with E-state index >= 15 is 0 Å². The molecule has 0 bridgehead atoms. The molecule has 5 heteroatoms. The third kappa shape index (κ3) is 5.05. The molecule has 0 spiro atoms.